The van der Waals surface area contributed by atoms with E-state index < -0.39 is 0 Å². The van der Waals surface area contributed by atoms with Crippen LogP contribution in [-0.2, 0) is 0 Å². The molecule has 2 aliphatic carbocycles. The molecule has 1 N–H and O–H groups in total. The molecule has 0 aromatic heterocycles. The van der Waals surface area contributed by atoms with Crippen molar-refractivity contribution in [2.45, 2.75) is 51.0 Å². The molecule has 0 heterocycles. The van der Waals surface area contributed by atoms with Crippen LogP contribution in [0.5, 0.6) is 0 Å². The minimum Gasteiger partial charge on any atom is -0.382 e. The van der Waals surface area contributed by atoms with Crippen molar-refractivity contribution < 1.29 is 4.39 Å². The van der Waals surface area contributed by atoms with Gasteiger partial charge in [0.25, 0.3) is 0 Å². The molecule has 2 fully saturated rings. The molecule has 0 radical (unpaired) electrons. The number of benzene rings is 1. The lowest BCUT2D eigenvalue weighted by molar-refractivity contribution is 0.162. The molecule has 0 amide bonds. The van der Waals surface area contributed by atoms with Gasteiger partial charge >= 0.3 is 0 Å². The van der Waals surface area contributed by atoms with Crippen molar-refractivity contribution in [1.29, 1.82) is 0 Å². The first-order chi connectivity index (χ1) is 8.81. The van der Waals surface area contributed by atoms with Gasteiger partial charge in [-0.25, -0.2) is 4.39 Å². The predicted octanol–water partition coefficient (Wildman–Crippen LogP) is 4.60. The van der Waals surface area contributed by atoms with Crippen LogP contribution in [0.25, 0.3) is 0 Å². The molecule has 1 aromatic carbocycles. The lowest BCUT2D eigenvalue weighted by Gasteiger charge is -2.39. The average Bonchev–Trinajstić information content (AvgIpc) is 2.41. The van der Waals surface area contributed by atoms with Gasteiger partial charge in [-0.05, 0) is 55.4 Å². The van der Waals surface area contributed by atoms with Crippen molar-refractivity contribution in [3.8, 4) is 0 Å². The Hall–Kier alpha value is -1.05. The van der Waals surface area contributed by atoms with Crippen molar-refractivity contribution in [1.82, 2.24) is 0 Å². The van der Waals surface area contributed by atoms with Crippen LogP contribution in [0, 0.1) is 17.7 Å². The van der Waals surface area contributed by atoms with E-state index in [9.17, 15) is 4.39 Å². The monoisotopic (exact) mass is 247 g/mol. The van der Waals surface area contributed by atoms with E-state index in [4.69, 9.17) is 0 Å². The molecule has 0 spiro atoms. The maximum atomic E-state index is 12.9. The fourth-order valence-electron chi connectivity index (χ4n) is 3.79. The Morgan fingerprint density at radius 3 is 2.39 bits per heavy atom. The van der Waals surface area contributed by atoms with E-state index in [-0.39, 0.29) is 5.82 Å². The van der Waals surface area contributed by atoms with Gasteiger partial charge in [0.2, 0.25) is 0 Å². The summed E-state index contributed by atoms with van der Waals surface area (Å²) >= 11 is 0. The SMILES string of the molecule is Fc1ccc(NC2CCC3CCCCC3C2)cc1. The molecule has 1 nitrogen and oxygen atoms in total. The number of halogens is 1. The quantitative estimate of drug-likeness (QED) is 0.805. The summed E-state index contributed by atoms with van der Waals surface area (Å²) in [6, 6.07) is 7.36. The first kappa shape index (κ1) is 12.0. The number of fused-ring (bicyclic) bond motifs is 1. The zero-order valence-corrected chi connectivity index (χ0v) is 10.9. The summed E-state index contributed by atoms with van der Waals surface area (Å²) in [5.74, 6) is 1.77. The van der Waals surface area contributed by atoms with Crippen LogP contribution in [-0.4, -0.2) is 6.04 Å². The molecule has 1 aromatic rings. The van der Waals surface area contributed by atoms with Gasteiger partial charge in [0.15, 0.2) is 0 Å². The van der Waals surface area contributed by atoms with Gasteiger partial charge in [-0.15, -0.1) is 0 Å². The summed E-state index contributed by atoms with van der Waals surface area (Å²) in [4.78, 5) is 0. The number of nitrogens with one attached hydrogen (secondary N) is 1. The third-order valence-electron chi connectivity index (χ3n) is 4.75. The third-order valence-corrected chi connectivity index (χ3v) is 4.75. The second kappa shape index (κ2) is 5.29. The normalized spacial score (nSPS) is 31.7. The van der Waals surface area contributed by atoms with Crippen molar-refractivity contribution in [2.75, 3.05) is 5.32 Å². The van der Waals surface area contributed by atoms with Crippen LogP contribution < -0.4 is 5.32 Å². The van der Waals surface area contributed by atoms with Gasteiger partial charge in [-0.2, -0.15) is 0 Å². The van der Waals surface area contributed by atoms with E-state index >= 15 is 0 Å². The first-order valence-electron chi connectivity index (χ1n) is 7.33. The molecule has 2 heteroatoms. The van der Waals surface area contributed by atoms with Crippen LogP contribution in [0.4, 0.5) is 10.1 Å². The Labute approximate surface area is 109 Å². The zero-order valence-electron chi connectivity index (χ0n) is 10.9. The molecule has 3 unspecified atom stereocenters. The van der Waals surface area contributed by atoms with Gasteiger partial charge in [-0.1, -0.05) is 25.7 Å². The summed E-state index contributed by atoms with van der Waals surface area (Å²) < 4.78 is 12.9. The van der Waals surface area contributed by atoms with Gasteiger partial charge in [-0.3, -0.25) is 0 Å². The molecular weight excluding hydrogens is 225 g/mol. The van der Waals surface area contributed by atoms with E-state index in [2.05, 4.69) is 5.32 Å². The van der Waals surface area contributed by atoms with Gasteiger partial charge in [0.1, 0.15) is 5.82 Å². The topological polar surface area (TPSA) is 12.0 Å². The van der Waals surface area contributed by atoms with Crippen LogP contribution in [0.15, 0.2) is 24.3 Å². The maximum absolute atomic E-state index is 12.9. The first-order valence-corrected chi connectivity index (χ1v) is 7.33. The molecular formula is C16H22FN. The van der Waals surface area contributed by atoms with Crippen molar-refractivity contribution in [3.63, 3.8) is 0 Å². The summed E-state index contributed by atoms with van der Waals surface area (Å²) in [6.45, 7) is 0. The molecule has 3 rings (SSSR count). The van der Waals surface area contributed by atoms with Crippen molar-refractivity contribution >= 4 is 5.69 Å². The molecule has 3 atom stereocenters. The lowest BCUT2D eigenvalue weighted by atomic mass is 9.69. The Kier molecular flexibility index (Phi) is 3.53. The standard InChI is InChI=1S/C16H22FN/c17-14-6-9-15(10-7-14)18-16-8-5-12-3-1-2-4-13(12)11-16/h6-7,9-10,12-13,16,18H,1-5,8,11H2. The van der Waals surface area contributed by atoms with Gasteiger partial charge < -0.3 is 5.32 Å². The highest BCUT2D eigenvalue weighted by Crippen LogP contribution is 2.41. The summed E-state index contributed by atoms with van der Waals surface area (Å²) in [5, 5.41) is 3.57. The molecule has 98 valence electrons. The summed E-state index contributed by atoms with van der Waals surface area (Å²) in [6.07, 6.45) is 9.70. The number of hydrogen-bond donors (Lipinski definition) is 1. The van der Waals surface area contributed by atoms with Crippen LogP contribution >= 0.6 is 0 Å². The minimum absolute atomic E-state index is 0.156. The molecule has 0 saturated heterocycles. The van der Waals surface area contributed by atoms with E-state index in [0.717, 1.165) is 17.5 Å². The second-order valence-electron chi connectivity index (χ2n) is 5.97. The van der Waals surface area contributed by atoms with Crippen molar-refractivity contribution in [2.24, 2.45) is 11.8 Å². The number of anilines is 1. The molecule has 0 aliphatic heterocycles. The van der Waals surface area contributed by atoms with Crippen LogP contribution in [0.2, 0.25) is 0 Å². The van der Waals surface area contributed by atoms with E-state index in [1.807, 2.05) is 12.1 Å². The highest BCUT2D eigenvalue weighted by atomic mass is 19.1. The van der Waals surface area contributed by atoms with Crippen LogP contribution in [0.3, 0.4) is 0 Å². The number of hydrogen-bond acceptors (Lipinski definition) is 1. The lowest BCUT2D eigenvalue weighted by Crippen LogP contribution is -2.34. The molecule has 18 heavy (non-hydrogen) atoms. The smallest absolute Gasteiger partial charge is 0.123 e. The van der Waals surface area contributed by atoms with Gasteiger partial charge in [0.05, 0.1) is 0 Å². The number of rotatable bonds is 2. The zero-order chi connectivity index (χ0) is 12.4. The Balaban J connectivity index is 1.59. The molecule has 2 saturated carbocycles. The molecule has 0 bridgehead atoms. The van der Waals surface area contributed by atoms with E-state index in [1.165, 1.54) is 57.1 Å². The Bertz CT molecular complexity index is 387. The van der Waals surface area contributed by atoms with Gasteiger partial charge in [0, 0.05) is 11.7 Å². The maximum Gasteiger partial charge on any atom is 0.123 e. The largest absolute Gasteiger partial charge is 0.382 e. The average molecular weight is 247 g/mol. The summed E-state index contributed by atoms with van der Waals surface area (Å²) in [5.41, 5.74) is 1.07. The van der Waals surface area contributed by atoms with Crippen molar-refractivity contribution in [3.05, 3.63) is 30.1 Å². The molecule has 2 aliphatic rings. The summed E-state index contributed by atoms with van der Waals surface area (Å²) in [7, 11) is 0. The Morgan fingerprint density at radius 2 is 1.61 bits per heavy atom. The minimum atomic E-state index is -0.156. The second-order valence-corrected chi connectivity index (χ2v) is 5.97. The Morgan fingerprint density at radius 1 is 0.889 bits per heavy atom. The van der Waals surface area contributed by atoms with E-state index in [1.54, 1.807) is 0 Å². The van der Waals surface area contributed by atoms with Crippen LogP contribution in [0.1, 0.15) is 44.9 Å². The third kappa shape index (κ3) is 2.68. The highest BCUT2D eigenvalue weighted by Gasteiger charge is 2.31. The fourth-order valence-corrected chi connectivity index (χ4v) is 3.79. The fraction of sp³-hybridized carbons (Fsp3) is 0.625. The van der Waals surface area contributed by atoms with E-state index in [0.29, 0.717) is 6.04 Å². The predicted molar refractivity (Wildman–Crippen MR) is 73.1 cm³/mol. The highest BCUT2D eigenvalue weighted by molar-refractivity contribution is 5.43.